The lowest BCUT2D eigenvalue weighted by molar-refractivity contribution is -0.189. The molecule has 1 saturated carbocycles. The zero-order chi connectivity index (χ0) is 31.5. The Morgan fingerprint density at radius 3 is 2.61 bits per heavy atom. The summed E-state index contributed by atoms with van der Waals surface area (Å²) < 4.78 is 53.8. The molecule has 1 aliphatic carbocycles. The Kier molecular flexibility index (Phi) is 12.3. The number of carbonyl (C=O) groups excluding carboxylic acids is 3. The van der Waals surface area contributed by atoms with E-state index in [4.69, 9.17) is 21.1 Å². The SMILES string of the molecule is O=C1COc2c(CCNCCN(C(=O)CCOCCc3cccc(Cl)c3)C3CCCCC3)ccc(OC(=O)C(F)(F)F)c2N1. The van der Waals surface area contributed by atoms with Crippen LogP contribution in [0.1, 0.15) is 49.7 Å². The molecule has 9 nitrogen and oxygen atoms in total. The highest BCUT2D eigenvalue weighted by molar-refractivity contribution is 6.30. The van der Waals surface area contributed by atoms with Gasteiger partial charge in [-0.25, -0.2) is 4.79 Å². The minimum atomic E-state index is -5.19. The third kappa shape index (κ3) is 9.83. The summed E-state index contributed by atoms with van der Waals surface area (Å²) in [5, 5.41) is 6.45. The van der Waals surface area contributed by atoms with Crippen LogP contribution in [0.4, 0.5) is 18.9 Å². The molecule has 13 heteroatoms. The number of hydrogen-bond donors (Lipinski definition) is 2. The normalized spacial score (nSPS) is 15.2. The van der Waals surface area contributed by atoms with Gasteiger partial charge in [0.25, 0.3) is 5.91 Å². The summed E-state index contributed by atoms with van der Waals surface area (Å²) >= 11 is 6.03. The van der Waals surface area contributed by atoms with Gasteiger partial charge >= 0.3 is 12.1 Å². The van der Waals surface area contributed by atoms with Crippen LogP contribution in [0.25, 0.3) is 0 Å². The predicted molar refractivity (Wildman–Crippen MR) is 158 cm³/mol. The van der Waals surface area contributed by atoms with Gasteiger partial charge in [-0.05, 0) is 61.6 Å². The summed E-state index contributed by atoms with van der Waals surface area (Å²) in [6, 6.07) is 10.5. The molecule has 0 aromatic heterocycles. The molecule has 44 heavy (non-hydrogen) atoms. The number of amides is 2. The summed E-state index contributed by atoms with van der Waals surface area (Å²) in [6.45, 7) is 2.08. The van der Waals surface area contributed by atoms with Crippen LogP contribution in [0, 0.1) is 0 Å². The van der Waals surface area contributed by atoms with E-state index in [0.29, 0.717) is 62.7 Å². The molecule has 4 rings (SSSR count). The van der Waals surface area contributed by atoms with Gasteiger partial charge in [0.2, 0.25) is 5.91 Å². The Bertz CT molecular complexity index is 1300. The number of fused-ring (bicyclic) bond motifs is 1. The third-order valence-corrected chi connectivity index (χ3v) is 7.80. The smallest absolute Gasteiger partial charge is 0.481 e. The third-order valence-electron chi connectivity index (χ3n) is 7.57. The van der Waals surface area contributed by atoms with Crippen molar-refractivity contribution in [2.24, 2.45) is 0 Å². The van der Waals surface area contributed by atoms with Crippen molar-refractivity contribution in [1.82, 2.24) is 10.2 Å². The van der Waals surface area contributed by atoms with Crippen LogP contribution in [0.5, 0.6) is 11.5 Å². The number of rotatable bonds is 14. The molecule has 0 bridgehead atoms. The number of nitrogens with zero attached hydrogens (tertiary/aromatic N) is 1. The number of benzene rings is 2. The van der Waals surface area contributed by atoms with E-state index < -0.39 is 23.8 Å². The van der Waals surface area contributed by atoms with Crippen molar-refractivity contribution in [3.8, 4) is 11.5 Å². The molecule has 0 spiro atoms. The van der Waals surface area contributed by atoms with Crippen molar-refractivity contribution < 1.29 is 41.8 Å². The van der Waals surface area contributed by atoms with Crippen LogP contribution in [-0.2, 0) is 32.0 Å². The van der Waals surface area contributed by atoms with Crippen molar-refractivity contribution in [1.29, 1.82) is 0 Å². The fourth-order valence-corrected chi connectivity index (χ4v) is 5.60. The van der Waals surface area contributed by atoms with Gasteiger partial charge < -0.3 is 29.7 Å². The highest BCUT2D eigenvalue weighted by atomic mass is 35.5. The molecular formula is C31H37ClF3N3O6. The molecule has 2 amide bonds. The van der Waals surface area contributed by atoms with Gasteiger partial charge in [0, 0.05) is 24.2 Å². The topological polar surface area (TPSA) is 106 Å². The minimum Gasteiger partial charge on any atom is -0.481 e. The van der Waals surface area contributed by atoms with E-state index in [1.54, 1.807) is 0 Å². The van der Waals surface area contributed by atoms with Gasteiger partial charge in [0.1, 0.15) is 5.69 Å². The summed E-state index contributed by atoms with van der Waals surface area (Å²) in [5.41, 5.74) is 1.59. The summed E-state index contributed by atoms with van der Waals surface area (Å²) in [7, 11) is 0. The Morgan fingerprint density at radius 1 is 1.07 bits per heavy atom. The van der Waals surface area contributed by atoms with Crippen molar-refractivity contribution in [3.63, 3.8) is 0 Å². The first-order valence-corrected chi connectivity index (χ1v) is 15.2. The number of alkyl halides is 3. The first kappa shape index (κ1) is 33.5. The van der Waals surface area contributed by atoms with Gasteiger partial charge in [-0.2, -0.15) is 13.2 Å². The Balaban J connectivity index is 1.26. The van der Waals surface area contributed by atoms with E-state index in [-0.39, 0.29) is 30.0 Å². The minimum absolute atomic E-state index is 0.0589. The number of nitrogens with one attached hydrogen (secondary N) is 2. The average Bonchev–Trinajstić information content (AvgIpc) is 2.99. The van der Waals surface area contributed by atoms with Gasteiger partial charge in [-0.3, -0.25) is 9.59 Å². The second-order valence-electron chi connectivity index (χ2n) is 10.8. The van der Waals surface area contributed by atoms with E-state index in [0.717, 1.165) is 31.2 Å². The fraction of sp³-hybridized carbons (Fsp3) is 0.516. The maximum absolute atomic E-state index is 13.2. The molecule has 2 aliphatic rings. The summed E-state index contributed by atoms with van der Waals surface area (Å²) in [4.78, 5) is 38.3. The van der Waals surface area contributed by atoms with E-state index in [9.17, 15) is 27.6 Å². The summed E-state index contributed by atoms with van der Waals surface area (Å²) in [5.74, 6) is -3.19. The molecule has 0 unspecified atom stereocenters. The molecule has 1 fully saturated rings. The number of carbonyl (C=O) groups is 3. The van der Waals surface area contributed by atoms with E-state index in [2.05, 4.69) is 15.4 Å². The van der Waals surface area contributed by atoms with Crippen LogP contribution < -0.4 is 20.1 Å². The molecular weight excluding hydrogens is 603 g/mol. The Labute approximate surface area is 259 Å². The van der Waals surface area contributed by atoms with Crippen molar-refractivity contribution in [2.75, 3.05) is 44.8 Å². The zero-order valence-electron chi connectivity index (χ0n) is 24.3. The second kappa shape index (κ2) is 16.1. The van der Waals surface area contributed by atoms with Gasteiger partial charge in [-0.1, -0.05) is 49.1 Å². The molecule has 0 saturated heterocycles. The lowest BCUT2D eigenvalue weighted by atomic mass is 9.94. The highest BCUT2D eigenvalue weighted by Gasteiger charge is 2.42. The molecule has 2 aromatic carbocycles. The first-order valence-electron chi connectivity index (χ1n) is 14.8. The fourth-order valence-electron chi connectivity index (χ4n) is 5.38. The first-order chi connectivity index (χ1) is 21.1. The molecule has 2 N–H and O–H groups in total. The largest absolute Gasteiger partial charge is 0.491 e. The van der Waals surface area contributed by atoms with Crippen molar-refractivity contribution in [3.05, 3.63) is 52.5 Å². The lowest BCUT2D eigenvalue weighted by Gasteiger charge is -2.34. The van der Waals surface area contributed by atoms with Crippen LogP contribution in [-0.4, -0.2) is 74.4 Å². The van der Waals surface area contributed by atoms with Gasteiger partial charge in [-0.15, -0.1) is 0 Å². The Hall–Kier alpha value is -3.35. The van der Waals surface area contributed by atoms with E-state index >= 15 is 0 Å². The zero-order valence-corrected chi connectivity index (χ0v) is 25.1. The van der Waals surface area contributed by atoms with Crippen LogP contribution in [0.15, 0.2) is 36.4 Å². The maximum atomic E-state index is 13.2. The van der Waals surface area contributed by atoms with Gasteiger partial charge in [0.05, 0.1) is 19.6 Å². The van der Waals surface area contributed by atoms with Crippen molar-refractivity contribution in [2.45, 2.75) is 63.6 Å². The lowest BCUT2D eigenvalue weighted by Crippen LogP contribution is -2.45. The number of ether oxygens (including phenoxy) is 3. The number of anilines is 1. The van der Waals surface area contributed by atoms with Crippen LogP contribution in [0.3, 0.4) is 0 Å². The number of esters is 1. The van der Waals surface area contributed by atoms with E-state index in [1.165, 1.54) is 18.6 Å². The predicted octanol–water partition coefficient (Wildman–Crippen LogP) is 5.08. The second-order valence-corrected chi connectivity index (χ2v) is 11.2. The molecule has 0 atom stereocenters. The van der Waals surface area contributed by atoms with Crippen molar-refractivity contribution >= 4 is 35.1 Å². The number of hydrogen-bond acceptors (Lipinski definition) is 7. The highest BCUT2D eigenvalue weighted by Crippen LogP contribution is 2.40. The molecule has 240 valence electrons. The molecule has 1 heterocycles. The Morgan fingerprint density at radius 2 is 1.86 bits per heavy atom. The number of halogens is 4. The average molecular weight is 640 g/mol. The van der Waals surface area contributed by atoms with Crippen LogP contribution >= 0.6 is 11.6 Å². The monoisotopic (exact) mass is 639 g/mol. The van der Waals surface area contributed by atoms with Gasteiger partial charge in [0.15, 0.2) is 18.1 Å². The quantitative estimate of drug-likeness (QED) is 0.169. The maximum Gasteiger partial charge on any atom is 0.491 e. The summed E-state index contributed by atoms with van der Waals surface area (Å²) in [6.07, 6.45) is 1.55. The van der Waals surface area contributed by atoms with E-state index in [1.807, 2.05) is 29.2 Å². The van der Waals surface area contributed by atoms with Crippen LogP contribution in [0.2, 0.25) is 5.02 Å². The molecule has 2 aromatic rings. The molecule has 0 radical (unpaired) electrons. The molecule has 1 aliphatic heterocycles. The standard InChI is InChI=1S/C31H37ClF3N3O6/c32-23-6-4-5-21(19-23)12-17-42-18-13-27(40)38(24-7-2-1-3-8-24)16-15-36-14-11-22-9-10-25(44-30(41)31(33,34)35)28-29(22)43-20-26(39)37-28/h4-6,9-10,19,24,36H,1-3,7-8,11-18,20H2,(H,37,39).